The predicted molar refractivity (Wildman–Crippen MR) is 102 cm³/mol. The van der Waals surface area contributed by atoms with Crippen LogP contribution in [0.25, 0.3) is 0 Å². The molecular formula is C18H24N6O4. The highest BCUT2D eigenvalue weighted by Crippen LogP contribution is 2.42. The molecule has 5 N–H and O–H groups in total. The number of amides is 3. The molecule has 0 unspecified atom stereocenters. The number of carbonyl (C=O) groups is 3. The molecule has 1 aromatic rings. The minimum absolute atomic E-state index is 0.0594. The molecule has 0 spiro atoms. The zero-order valence-electron chi connectivity index (χ0n) is 15.9. The number of nitrogens with one attached hydrogen (secondary N) is 3. The van der Waals surface area contributed by atoms with Gasteiger partial charge in [0, 0.05) is 12.6 Å². The summed E-state index contributed by atoms with van der Waals surface area (Å²) in [5, 5.41) is 13.5. The number of benzene rings is 1. The first-order valence-electron chi connectivity index (χ1n) is 8.61. The number of rotatable bonds is 6. The predicted octanol–water partition coefficient (Wildman–Crippen LogP) is 0.706. The second kappa shape index (κ2) is 8.51. The Balaban J connectivity index is 2.14. The number of esters is 1. The maximum atomic E-state index is 12.7. The van der Waals surface area contributed by atoms with E-state index in [9.17, 15) is 14.4 Å². The van der Waals surface area contributed by atoms with Gasteiger partial charge in [-0.05, 0) is 19.4 Å². The van der Waals surface area contributed by atoms with E-state index in [0.29, 0.717) is 0 Å². The summed E-state index contributed by atoms with van der Waals surface area (Å²) >= 11 is 0. The first-order valence-corrected chi connectivity index (χ1v) is 8.61. The zero-order chi connectivity index (χ0) is 20.9. The molecule has 3 amide bonds. The fraction of sp³-hybridized carbons (Fsp3) is 0.389. The number of carbonyl (C=O) groups excluding carboxylic acids is 3. The fourth-order valence-corrected chi connectivity index (χ4v) is 3.04. The van der Waals surface area contributed by atoms with Crippen molar-refractivity contribution in [3.63, 3.8) is 0 Å². The van der Waals surface area contributed by atoms with E-state index < -0.39 is 29.4 Å². The van der Waals surface area contributed by atoms with Crippen LogP contribution in [0.2, 0.25) is 0 Å². The van der Waals surface area contributed by atoms with Crippen LogP contribution in [0.4, 0.5) is 4.79 Å². The lowest BCUT2D eigenvalue weighted by Gasteiger charge is -2.50. The molecule has 3 atom stereocenters. The van der Waals surface area contributed by atoms with Crippen molar-refractivity contribution in [2.24, 2.45) is 16.3 Å². The number of likely N-dealkylation sites (tertiary alicyclic amines) is 1. The fourth-order valence-electron chi connectivity index (χ4n) is 3.04. The number of nitrogens with two attached hydrogens (primary N) is 1. The van der Waals surface area contributed by atoms with Gasteiger partial charge in [-0.15, -0.1) is 0 Å². The minimum Gasteiger partial charge on any atom is -0.467 e. The number of ether oxygens (including phenoxy) is 1. The summed E-state index contributed by atoms with van der Waals surface area (Å²) < 4.78 is 4.79. The van der Waals surface area contributed by atoms with Gasteiger partial charge in [0.1, 0.15) is 0 Å². The Bertz CT molecular complexity index is 797. The van der Waals surface area contributed by atoms with Crippen molar-refractivity contribution in [1.29, 1.82) is 5.41 Å². The molecule has 0 radical (unpaired) electrons. The van der Waals surface area contributed by atoms with Gasteiger partial charge in [0.05, 0.1) is 18.6 Å². The van der Waals surface area contributed by atoms with E-state index >= 15 is 0 Å². The van der Waals surface area contributed by atoms with E-state index in [1.54, 1.807) is 13.8 Å². The molecule has 1 aromatic carbocycles. The second-order valence-corrected chi connectivity index (χ2v) is 6.64. The smallest absolute Gasteiger partial charge is 0.330 e. The highest BCUT2D eigenvalue weighted by Gasteiger charge is 2.63. The average molecular weight is 388 g/mol. The van der Waals surface area contributed by atoms with E-state index in [0.717, 1.165) is 10.5 Å². The van der Waals surface area contributed by atoms with E-state index in [4.69, 9.17) is 15.9 Å². The van der Waals surface area contributed by atoms with Crippen LogP contribution in [0.15, 0.2) is 35.4 Å². The van der Waals surface area contributed by atoms with Crippen LogP contribution in [0.1, 0.15) is 31.9 Å². The largest absolute Gasteiger partial charge is 0.467 e. The molecule has 10 heteroatoms. The highest BCUT2D eigenvalue weighted by atomic mass is 16.5. The van der Waals surface area contributed by atoms with Crippen LogP contribution >= 0.6 is 0 Å². The van der Waals surface area contributed by atoms with Gasteiger partial charge in [-0.1, -0.05) is 30.3 Å². The molecule has 10 nitrogen and oxygen atoms in total. The van der Waals surface area contributed by atoms with Crippen molar-refractivity contribution in [3.8, 4) is 0 Å². The number of β-lactam (4-membered cyclic amide) rings is 1. The van der Waals surface area contributed by atoms with Crippen molar-refractivity contribution in [2.45, 2.75) is 32.4 Å². The van der Waals surface area contributed by atoms with Crippen molar-refractivity contribution in [2.75, 3.05) is 7.11 Å². The van der Waals surface area contributed by atoms with Gasteiger partial charge in [0.2, 0.25) is 11.9 Å². The quantitative estimate of drug-likeness (QED) is 0.185. The summed E-state index contributed by atoms with van der Waals surface area (Å²) in [5.41, 5.74) is 7.03. The molecule has 150 valence electrons. The number of hydrazone groups is 1. The third-order valence-electron chi connectivity index (χ3n) is 4.64. The summed E-state index contributed by atoms with van der Waals surface area (Å²) in [6.07, 6.45) is 1.39. The second-order valence-electron chi connectivity index (χ2n) is 6.64. The zero-order valence-corrected chi connectivity index (χ0v) is 15.9. The molecule has 1 fully saturated rings. The normalized spacial score (nSPS) is 22.3. The monoisotopic (exact) mass is 388 g/mol. The molecular weight excluding hydrogens is 364 g/mol. The lowest BCUT2D eigenvalue weighted by atomic mass is 9.70. The SMILES string of the molecule is COC(=O)[C@H]1N(C(=O)N[C@H](C)c2ccccc2)C(=O)[C@]1(C)C/C=N/NC(=N)N. The van der Waals surface area contributed by atoms with Crippen LogP contribution in [-0.4, -0.2) is 48.1 Å². The summed E-state index contributed by atoms with van der Waals surface area (Å²) in [6, 6.07) is 7.13. The van der Waals surface area contributed by atoms with E-state index in [2.05, 4.69) is 15.8 Å². The van der Waals surface area contributed by atoms with Crippen LogP contribution in [0, 0.1) is 10.8 Å². The maximum absolute atomic E-state index is 12.7. The number of imide groups is 1. The van der Waals surface area contributed by atoms with Crippen LogP contribution in [0.3, 0.4) is 0 Å². The maximum Gasteiger partial charge on any atom is 0.330 e. The number of nitrogens with zero attached hydrogens (tertiary/aromatic N) is 2. The third kappa shape index (κ3) is 4.11. The molecule has 1 aliphatic rings. The van der Waals surface area contributed by atoms with Gasteiger partial charge in [-0.25, -0.2) is 19.9 Å². The number of guanidine groups is 1. The van der Waals surface area contributed by atoms with Crippen molar-refractivity contribution >= 4 is 30.1 Å². The summed E-state index contributed by atoms with van der Waals surface area (Å²) in [7, 11) is 1.19. The van der Waals surface area contributed by atoms with Crippen LogP contribution in [-0.2, 0) is 14.3 Å². The standard InChI is InChI=1S/C18H24N6O4/c1-11(12-7-5-4-6-8-12)22-17(27)24-13(14(25)28-3)18(2,15(24)26)9-10-21-23-16(19)20/h4-8,10-11,13H,9H2,1-3H3,(H,22,27)(H4,19,20,23)/b21-10+/t11-,13-,18-/m1/s1. The molecule has 0 aliphatic carbocycles. The Hall–Kier alpha value is -3.43. The Labute approximate surface area is 162 Å². The number of urea groups is 1. The van der Waals surface area contributed by atoms with Gasteiger partial charge >= 0.3 is 12.0 Å². The average Bonchev–Trinajstić information content (AvgIpc) is 2.68. The molecule has 1 heterocycles. The van der Waals surface area contributed by atoms with Gasteiger partial charge in [-0.3, -0.25) is 10.2 Å². The van der Waals surface area contributed by atoms with Crippen molar-refractivity contribution < 1.29 is 19.1 Å². The van der Waals surface area contributed by atoms with Crippen LogP contribution in [0.5, 0.6) is 0 Å². The van der Waals surface area contributed by atoms with Crippen molar-refractivity contribution in [1.82, 2.24) is 15.6 Å². The summed E-state index contributed by atoms with van der Waals surface area (Å²) in [5.74, 6) is -1.57. The summed E-state index contributed by atoms with van der Waals surface area (Å²) in [4.78, 5) is 38.5. The number of hydrogen-bond acceptors (Lipinski definition) is 6. The van der Waals surface area contributed by atoms with Gasteiger partial charge in [0.15, 0.2) is 6.04 Å². The lowest BCUT2D eigenvalue weighted by molar-refractivity contribution is -0.177. The topological polar surface area (TPSA) is 150 Å². The van der Waals surface area contributed by atoms with E-state index in [-0.39, 0.29) is 18.4 Å². The molecule has 2 rings (SSSR count). The first kappa shape index (κ1) is 20.9. The minimum atomic E-state index is -1.19. The molecule has 1 saturated heterocycles. The number of hydrogen-bond donors (Lipinski definition) is 4. The van der Waals surface area contributed by atoms with E-state index in [1.165, 1.54) is 13.3 Å². The molecule has 1 aliphatic heterocycles. The molecule has 0 aromatic heterocycles. The van der Waals surface area contributed by atoms with Crippen molar-refractivity contribution in [3.05, 3.63) is 35.9 Å². The summed E-state index contributed by atoms with van der Waals surface area (Å²) in [6.45, 7) is 3.34. The molecule has 0 saturated carbocycles. The number of methoxy groups -OCH3 is 1. The lowest BCUT2D eigenvalue weighted by Crippen LogP contribution is -2.73. The Morgan fingerprint density at radius 1 is 1.43 bits per heavy atom. The Morgan fingerprint density at radius 2 is 2.07 bits per heavy atom. The third-order valence-corrected chi connectivity index (χ3v) is 4.64. The molecule has 0 bridgehead atoms. The van der Waals surface area contributed by atoms with Crippen LogP contribution < -0.4 is 16.5 Å². The first-order chi connectivity index (χ1) is 13.2. The Kier molecular flexibility index (Phi) is 6.34. The highest BCUT2D eigenvalue weighted by molar-refractivity contribution is 6.10. The van der Waals surface area contributed by atoms with Gasteiger partial charge < -0.3 is 15.8 Å². The Morgan fingerprint density at radius 3 is 2.64 bits per heavy atom. The van der Waals surface area contributed by atoms with Gasteiger partial charge in [-0.2, -0.15) is 5.10 Å². The van der Waals surface area contributed by atoms with Gasteiger partial charge in [0.25, 0.3) is 0 Å². The van der Waals surface area contributed by atoms with E-state index in [1.807, 2.05) is 30.3 Å². The molecule has 28 heavy (non-hydrogen) atoms.